The van der Waals surface area contributed by atoms with Gasteiger partial charge in [0.05, 0.1) is 6.61 Å². The molecule has 0 saturated carbocycles. The van der Waals surface area contributed by atoms with Gasteiger partial charge in [-0.2, -0.15) is 4.98 Å². The second kappa shape index (κ2) is 11.2. The van der Waals surface area contributed by atoms with Gasteiger partial charge in [0.25, 0.3) is 0 Å². The van der Waals surface area contributed by atoms with E-state index in [-0.39, 0.29) is 5.78 Å². The summed E-state index contributed by atoms with van der Waals surface area (Å²) < 4.78 is 13.8. The molecule has 0 saturated heterocycles. The third kappa shape index (κ3) is 5.49. The molecule has 35 heavy (non-hydrogen) atoms. The summed E-state index contributed by atoms with van der Waals surface area (Å²) in [6.45, 7) is 8.30. The maximum absolute atomic E-state index is 12.7. The van der Waals surface area contributed by atoms with Gasteiger partial charge < -0.3 is 14.8 Å². The Balaban J connectivity index is 1.71. The second-order valence-corrected chi connectivity index (χ2v) is 9.62. The molecule has 0 fully saturated rings. The van der Waals surface area contributed by atoms with E-state index in [1.807, 2.05) is 56.3 Å². The minimum atomic E-state index is -0.427. The van der Waals surface area contributed by atoms with E-state index in [1.165, 1.54) is 0 Å². The Bertz CT molecular complexity index is 1260. The van der Waals surface area contributed by atoms with Crippen LogP contribution in [0.2, 0.25) is 5.02 Å². The van der Waals surface area contributed by atoms with Crippen molar-refractivity contribution >= 4 is 35.1 Å². The molecule has 1 N–H and O–H groups in total. The van der Waals surface area contributed by atoms with Crippen LogP contribution in [0.15, 0.2) is 58.9 Å². The van der Waals surface area contributed by atoms with E-state index in [0.29, 0.717) is 46.4 Å². The van der Waals surface area contributed by atoms with Gasteiger partial charge in [-0.25, -0.2) is 4.68 Å². The van der Waals surface area contributed by atoms with E-state index in [1.54, 1.807) is 23.4 Å². The molecule has 7 nitrogen and oxygen atoms in total. The third-order valence-electron chi connectivity index (χ3n) is 5.57. The molecule has 2 aromatic carbocycles. The number of benzene rings is 2. The number of hydrogen-bond acceptors (Lipinski definition) is 7. The van der Waals surface area contributed by atoms with E-state index in [9.17, 15) is 4.79 Å². The fourth-order valence-electron chi connectivity index (χ4n) is 4.00. The lowest BCUT2D eigenvalue weighted by atomic mass is 9.93. The molecule has 2 heterocycles. The van der Waals surface area contributed by atoms with Crippen molar-refractivity contribution in [2.45, 2.75) is 51.9 Å². The number of allylic oxidation sites excluding steroid dienone is 2. The van der Waals surface area contributed by atoms with E-state index < -0.39 is 6.04 Å². The van der Waals surface area contributed by atoms with E-state index in [4.69, 9.17) is 26.2 Å². The minimum absolute atomic E-state index is 0.0269. The summed E-state index contributed by atoms with van der Waals surface area (Å²) >= 11 is 7.89. The Morgan fingerprint density at radius 2 is 1.97 bits per heavy atom. The number of aromatic nitrogens is 3. The zero-order chi connectivity index (χ0) is 24.9. The lowest BCUT2D eigenvalue weighted by molar-refractivity contribution is -0.114. The van der Waals surface area contributed by atoms with Crippen LogP contribution in [0.25, 0.3) is 0 Å². The number of Topliss-reactive ketones (excluding diaryl/α,β-unsaturated/α-hetero) is 1. The Kier molecular flexibility index (Phi) is 8.03. The first-order valence-electron chi connectivity index (χ1n) is 11.6. The van der Waals surface area contributed by atoms with Crippen LogP contribution in [0.3, 0.4) is 0 Å². The maximum Gasteiger partial charge on any atom is 0.227 e. The number of ketones is 1. The van der Waals surface area contributed by atoms with Crippen molar-refractivity contribution in [3.8, 4) is 11.5 Å². The van der Waals surface area contributed by atoms with Gasteiger partial charge in [-0.05, 0) is 51.0 Å². The normalized spacial score (nSPS) is 14.9. The number of rotatable bonds is 10. The highest BCUT2D eigenvalue weighted by Crippen LogP contribution is 2.40. The van der Waals surface area contributed by atoms with Crippen LogP contribution in [0.1, 0.15) is 51.3 Å². The van der Waals surface area contributed by atoms with E-state index in [0.717, 1.165) is 29.0 Å². The van der Waals surface area contributed by atoms with Crippen molar-refractivity contribution in [2.75, 3.05) is 17.7 Å². The van der Waals surface area contributed by atoms with Crippen LogP contribution in [0.5, 0.6) is 11.5 Å². The molecule has 4 rings (SSSR count). The molecule has 9 heteroatoms. The van der Waals surface area contributed by atoms with Crippen molar-refractivity contribution in [3.63, 3.8) is 0 Å². The quantitative estimate of drug-likeness (QED) is 0.320. The largest absolute Gasteiger partial charge is 0.490 e. The first-order chi connectivity index (χ1) is 16.9. The molecule has 1 atom stereocenters. The first kappa shape index (κ1) is 25.1. The molecule has 0 aliphatic carbocycles. The molecule has 1 unspecified atom stereocenters. The van der Waals surface area contributed by atoms with Gasteiger partial charge in [0.15, 0.2) is 17.3 Å². The van der Waals surface area contributed by atoms with Gasteiger partial charge in [-0.1, -0.05) is 54.6 Å². The lowest BCUT2D eigenvalue weighted by Gasteiger charge is -2.28. The lowest BCUT2D eigenvalue weighted by Crippen LogP contribution is -2.27. The number of ether oxygens (including phenoxy) is 2. The van der Waals surface area contributed by atoms with Crippen LogP contribution >= 0.6 is 23.4 Å². The van der Waals surface area contributed by atoms with Crippen LogP contribution < -0.4 is 14.8 Å². The number of carbonyl (C=O) groups excluding carboxylic acids is 1. The summed E-state index contributed by atoms with van der Waals surface area (Å²) in [6, 6.07) is 12.9. The van der Waals surface area contributed by atoms with Gasteiger partial charge in [0.2, 0.25) is 11.1 Å². The molecular formula is C26H29ClN4O3S. The number of nitrogens with one attached hydrogen (secondary N) is 1. The van der Waals surface area contributed by atoms with Crippen LogP contribution in [-0.4, -0.2) is 32.9 Å². The summed E-state index contributed by atoms with van der Waals surface area (Å²) in [4.78, 5) is 17.4. The molecule has 1 aliphatic rings. The number of halogens is 1. The molecular weight excluding hydrogens is 484 g/mol. The second-order valence-electron chi connectivity index (χ2n) is 8.15. The number of nitrogens with zero attached hydrogens (tertiary/aromatic N) is 3. The average molecular weight is 513 g/mol. The van der Waals surface area contributed by atoms with Gasteiger partial charge in [-0.3, -0.25) is 4.79 Å². The molecule has 184 valence electrons. The highest BCUT2D eigenvalue weighted by atomic mass is 35.5. The van der Waals surface area contributed by atoms with E-state index >= 15 is 0 Å². The van der Waals surface area contributed by atoms with Crippen molar-refractivity contribution in [2.24, 2.45) is 0 Å². The molecule has 0 amide bonds. The van der Waals surface area contributed by atoms with Gasteiger partial charge in [-0.15, -0.1) is 5.10 Å². The van der Waals surface area contributed by atoms with Gasteiger partial charge >= 0.3 is 0 Å². The highest BCUT2D eigenvalue weighted by Gasteiger charge is 2.33. The number of hydrogen-bond donors (Lipinski definition) is 1. The molecule has 1 aliphatic heterocycles. The summed E-state index contributed by atoms with van der Waals surface area (Å²) in [5.74, 6) is 2.71. The van der Waals surface area contributed by atoms with Gasteiger partial charge in [0, 0.05) is 27.6 Å². The van der Waals surface area contributed by atoms with Crippen molar-refractivity contribution in [1.82, 2.24) is 14.8 Å². The van der Waals surface area contributed by atoms with Crippen LogP contribution in [-0.2, 0) is 11.4 Å². The minimum Gasteiger partial charge on any atom is -0.490 e. The average Bonchev–Trinajstić information content (AvgIpc) is 3.24. The predicted molar refractivity (Wildman–Crippen MR) is 140 cm³/mol. The SMILES string of the molecule is CCCSc1nc2n(n1)C(c1ccc(OCc3ccccc3Cl)c(OCC)c1)C(C(C)=O)=C(C)N2. The van der Waals surface area contributed by atoms with Crippen LogP contribution in [0, 0.1) is 0 Å². The van der Waals surface area contributed by atoms with Crippen LogP contribution in [0.4, 0.5) is 5.95 Å². The molecule has 0 radical (unpaired) electrons. The zero-order valence-electron chi connectivity index (χ0n) is 20.3. The maximum atomic E-state index is 12.7. The standard InChI is InChI=1S/C26H29ClN4O3S/c1-5-13-35-26-29-25-28-16(3)23(17(4)32)24(31(25)30-26)18-11-12-21(22(14-18)33-6-2)34-15-19-9-7-8-10-20(19)27/h7-12,14,24H,5-6,13,15H2,1-4H3,(H,28,29,30). The smallest absolute Gasteiger partial charge is 0.227 e. The Hall–Kier alpha value is -2.97. The fraction of sp³-hybridized carbons (Fsp3) is 0.346. The zero-order valence-corrected chi connectivity index (χ0v) is 21.9. The predicted octanol–water partition coefficient (Wildman–Crippen LogP) is 6.29. The molecule has 1 aromatic heterocycles. The van der Waals surface area contributed by atoms with Gasteiger partial charge in [0.1, 0.15) is 12.6 Å². The van der Waals surface area contributed by atoms with Crippen molar-refractivity contribution in [1.29, 1.82) is 0 Å². The molecule has 3 aromatic rings. The number of carbonyl (C=O) groups is 1. The van der Waals surface area contributed by atoms with Crippen molar-refractivity contribution < 1.29 is 14.3 Å². The number of fused-ring (bicyclic) bond motifs is 1. The highest BCUT2D eigenvalue weighted by molar-refractivity contribution is 7.99. The number of anilines is 1. The Labute approximate surface area is 214 Å². The number of thioether (sulfide) groups is 1. The topological polar surface area (TPSA) is 78.3 Å². The first-order valence-corrected chi connectivity index (χ1v) is 13.0. The Morgan fingerprint density at radius 3 is 2.69 bits per heavy atom. The van der Waals surface area contributed by atoms with E-state index in [2.05, 4.69) is 17.2 Å². The summed E-state index contributed by atoms with van der Waals surface area (Å²) in [7, 11) is 0. The fourth-order valence-corrected chi connectivity index (χ4v) is 4.88. The summed E-state index contributed by atoms with van der Waals surface area (Å²) in [5.41, 5.74) is 3.16. The summed E-state index contributed by atoms with van der Waals surface area (Å²) in [5, 5.41) is 9.31. The van der Waals surface area contributed by atoms with Crippen molar-refractivity contribution in [3.05, 3.63) is 69.9 Å². The summed E-state index contributed by atoms with van der Waals surface area (Å²) in [6.07, 6.45) is 1.02. The molecule has 0 bridgehead atoms. The molecule has 0 spiro atoms. The monoisotopic (exact) mass is 512 g/mol. The Morgan fingerprint density at radius 1 is 1.17 bits per heavy atom. The third-order valence-corrected chi connectivity index (χ3v) is 6.98.